The van der Waals surface area contributed by atoms with E-state index in [4.69, 9.17) is 11.6 Å². The third kappa shape index (κ3) is 6.78. The highest BCUT2D eigenvalue weighted by Gasteiger charge is 2.25. The first kappa shape index (κ1) is 20.4. The second-order valence-electron chi connectivity index (χ2n) is 5.93. The molecule has 0 saturated carbocycles. The quantitative estimate of drug-likeness (QED) is 0.454. The summed E-state index contributed by atoms with van der Waals surface area (Å²) in [4.78, 5) is 1.27. The van der Waals surface area contributed by atoms with Crippen molar-refractivity contribution in [3.63, 3.8) is 0 Å². The summed E-state index contributed by atoms with van der Waals surface area (Å²) in [5.74, 6) is 0. The third-order valence-electron chi connectivity index (χ3n) is 3.82. The molecule has 23 heavy (non-hydrogen) atoms. The van der Waals surface area contributed by atoms with Gasteiger partial charge in [-0.15, -0.1) is 11.6 Å². The van der Waals surface area contributed by atoms with Gasteiger partial charge in [0.2, 0.25) is 0 Å². The van der Waals surface area contributed by atoms with E-state index in [1.165, 1.54) is 0 Å². The summed E-state index contributed by atoms with van der Waals surface area (Å²) in [5, 5.41) is 10.2. The van der Waals surface area contributed by atoms with Crippen molar-refractivity contribution >= 4 is 22.4 Å². The van der Waals surface area contributed by atoms with Crippen LogP contribution < -0.4 is 0 Å². The molecule has 0 spiro atoms. The molecule has 0 unspecified atom stereocenters. The van der Waals surface area contributed by atoms with E-state index in [2.05, 4.69) is 13.8 Å². The number of benzene rings is 1. The molecule has 0 aliphatic heterocycles. The molecular weight excluding hydrogens is 328 g/mol. The molecule has 0 fully saturated rings. The first-order valence-electron chi connectivity index (χ1n) is 8.51. The lowest BCUT2D eigenvalue weighted by Gasteiger charge is -2.20. The van der Waals surface area contributed by atoms with E-state index < -0.39 is 22.3 Å². The minimum absolute atomic E-state index is 0.391. The minimum Gasteiger partial charge on any atom is -0.386 e. The molecule has 0 aromatic heterocycles. The van der Waals surface area contributed by atoms with Crippen molar-refractivity contribution in [2.24, 2.45) is 0 Å². The number of unbranched alkanes of at least 4 members (excludes halogenated alkanes) is 3. The fourth-order valence-corrected chi connectivity index (χ4v) is 3.96. The normalized spacial score (nSPS) is 16.1. The van der Waals surface area contributed by atoms with Crippen molar-refractivity contribution in [2.45, 2.75) is 75.7 Å². The van der Waals surface area contributed by atoms with E-state index in [0.717, 1.165) is 49.0 Å². The predicted molar refractivity (Wildman–Crippen MR) is 100 cm³/mol. The van der Waals surface area contributed by atoms with Crippen molar-refractivity contribution < 1.29 is 9.32 Å². The Hall–Kier alpha value is -0.640. The zero-order chi connectivity index (χ0) is 17.2. The van der Waals surface area contributed by atoms with Crippen molar-refractivity contribution in [2.75, 3.05) is 0 Å². The average molecular weight is 357 g/mol. The van der Waals surface area contributed by atoms with Crippen LogP contribution in [0.2, 0.25) is 0 Å². The van der Waals surface area contributed by atoms with Gasteiger partial charge in [0.15, 0.2) is 0 Å². The molecule has 0 aliphatic rings. The van der Waals surface area contributed by atoms with Gasteiger partial charge in [-0.1, -0.05) is 63.3 Å². The highest BCUT2D eigenvalue weighted by Crippen LogP contribution is 2.25. The smallest absolute Gasteiger partial charge is 0.104 e. The summed E-state index contributed by atoms with van der Waals surface area (Å²) in [6.45, 7) is 6.21. The molecule has 3 atom stereocenters. The molecule has 1 aromatic carbocycles. The molecule has 0 aliphatic carbocycles. The van der Waals surface area contributed by atoms with Gasteiger partial charge in [0.1, 0.15) is 6.10 Å². The van der Waals surface area contributed by atoms with Crippen molar-refractivity contribution in [1.29, 1.82) is 0 Å². The van der Waals surface area contributed by atoms with Crippen molar-refractivity contribution in [3.05, 3.63) is 40.8 Å². The van der Waals surface area contributed by atoms with Crippen LogP contribution in [0.5, 0.6) is 0 Å². The molecule has 0 heterocycles. The zero-order valence-corrected chi connectivity index (χ0v) is 16.0. The summed E-state index contributed by atoms with van der Waals surface area (Å²) in [6, 6.07) is 7.61. The maximum Gasteiger partial charge on any atom is 0.104 e. The number of allylic oxidation sites excluding steroid dienone is 1. The molecule has 1 rings (SSSR count). The van der Waals surface area contributed by atoms with Gasteiger partial charge in [0.25, 0.3) is 0 Å². The van der Waals surface area contributed by atoms with Crippen LogP contribution in [0.4, 0.5) is 0 Å². The minimum atomic E-state index is -1.36. The number of aliphatic hydroxyl groups is 1. The van der Waals surface area contributed by atoms with E-state index in [0.29, 0.717) is 4.91 Å². The lowest BCUT2D eigenvalue weighted by atomic mass is 10.1. The number of aliphatic hydroxyl groups excluding tert-OH is 1. The first-order valence-corrected chi connectivity index (χ1v) is 10.1. The lowest BCUT2D eigenvalue weighted by molar-refractivity contribution is 0.207. The van der Waals surface area contributed by atoms with Crippen LogP contribution in [-0.4, -0.2) is 20.8 Å². The topological polar surface area (TPSA) is 37.3 Å². The molecule has 1 N–H and O–H groups in total. The molecule has 2 nitrogen and oxygen atoms in total. The van der Waals surface area contributed by atoms with E-state index in [1.54, 1.807) is 0 Å². The average Bonchev–Trinajstić information content (AvgIpc) is 2.56. The van der Waals surface area contributed by atoms with Gasteiger partial charge in [-0.25, -0.2) is 4.21 Å². The maximum atomic E-state index is 12.9. The van der Waals surface area contributed by atoms with Gasteiger partial charge in [-0.2, -0.15) is 0 Å². The lowest BCUT2D eigenvalue weighted by Crippen LogP contribution is -2.25. The van der Waals surface area contributed by atoms with Crippen LogP contribution in [0.1, 0.15) is 57.9 Å². The van der Waals surface area contributed by atoms with Gasteiger partial charge in [0, 0.05) is 9.80 Å². The van der Waals surface area contributed by atoms with E-state index in [9.17, 15) is 9.32 Å². The molecule has 130 valence electrons. The maximum absolute atomic E-state index is 12.9. The molecule has 0 amide bonds. The summed E-state index contributed by atoms with van der Waals surface area (Å²) in [6.07, 6.45) is 6.69. The fraction of sp³-hybridized carbons (Fsp3) is 0.579. The highest BCUT2D eigenvalue weighted by molar-refractivity contribution is 7.89. The Morgan fingerprint density at radius 2 is 1.83 bits per heavy atom. The highest BCUT2D eigenvalue weighted by atomic mass is 35.5. The summed E-state index contributed by atoms with van der Waals surface area (Å²) in [5.41, 5.74) is 1.13. The van der Waals surface area contributed by atoms with Gasteiger partial charge in [-0.05, 0) is 31.9 Å². The predicted octanol–water partition coefficient (Wildman–Crippen LogP) is 5.34. The molecule has 0 saturated heterocycles. The number of hydrogen-bond acceptors (Lipinski definition) is 2. The van der Waals surface area contributed by atoms with Crippen LogP contribution in [0.3, 0.4) is 0 Å². The molecule has 0 radical (unpaired) electrons. The first-order chi connectivity index (χ1) is 11.0. The zero-order valence-electron chi connectivity index (χ0n) is 14.4. The molecule has 1 aromatic rings. The third-order valence-corrected chi connectivity index (χ3v) is 5.81. The Bertz CT molecular complexity index is 511. The Labute approximate surface area is 148 Å². The second kappa shape index (κ2) is 11.0. The summed E-state index contributed by atoms with van der Waals surface area (Å²) < 4.78 is 12.9. The van der Waals surface area contributed by atoms with Crippen molar-refractivity contribution in [1.82, 2.24) is 0 Å². The standard InChI is InChI=1S/C19H29ClO2S/c1-4-6-8-10-18(19(21)17(20)9-7-5-2)23(22)16-13-11-15(3)12-14-16/h10-14,17,19,21H,4-9H2,1-3H3/b18-10+/t17-,19-,23+/m1/s1. The van der Waals surface area contributed by atoms with Crippen LogP contribution in [0.15, 0.2) is 40.1 Å². The van der Waals surface area contributed by atoms with E-state index in [-0.39, 0.29) is 0 Å². The van der Waals surface area contributed by atoms with Gasteiger partial charge < -0.3 is 5.11 Å². The number of aryl methyl sites for hydroxylation is 1. The van der Waals surface area contributed by atoms with Crippen LogP contribution in [0, 0.1) is 6.92 Å². The van der Waals surface area contributed by atoms with E-state index >= 15 is 0 Å². The summed E-state index contributed by atoms with van der Waals surface area (Å²) >= 11 is 6.35. The number of rotatable bonds is 10. The molecule has 4 heteroatoms. The Balaban J connectivity index is 2.96. The number of halogens is 1. The largest absolute Gasteiger partial charge is 0.386 e. The SMILES string of the molecule is CCCC/C=C(\[C@H](O)[C@H](Cl)CCCC)[S@@](=O)c1ccc(C)cc1. The Kier molecular flexibility index (Phi) is 9.77. The number of alkyl halides is 1. The Morgan fingerprint density at radius 1 is 1.22 bits per heavy atom. The summed E-state index contributed by atoms with van der Waals surface area (Å²) in [7, 11) is -1.36. The molecular formula is C19H29ClO2S. The number of hydrogen-bond donors (Lipinski definition) is 1. The van der Waals surface area contributed by atoms with E-state index in [1.807, 2.05) is 37.3 Å². The van der Waals surface area contributed by atoms with Crippen LogP contribution >= 0.6 is 11.6 Å². The van der Waals surface area contributed by atoms with Gasteiger partial charge in [-0.3, -0.25) is 0 Å². The van der Waals surface area contributed by atoms with Gasteiger partial charge >= 0.3 is 0 Å². The van der Waals surface area contributed by atoms with Gasteiger partial charge in [0.05, 0.1) is 16.2 Å². The second-order valence-corrected chi connectivity index (χ2v) is 7.97. The molecule has 0 bridgehead atoms. The Morgan fingerprint density at radius 3 is 2.39 bits per heavy atom. The van der Waals surface area contributed by atoms with Crippen LogP contribution in [-0.2, 0) is 10.8 Å². The van der Waals surface area contributed by atoms with Crippen molar-refractivity contribution in [3.8, 4) is 0 Å². The fourth-order valence-electron chi connectivity index (χ4n) is 2.29. The van der Waals surface area contributed by atoms with Crippen LogP contribution in [0.25, 0.3) is 0 Å². The monoisotopic (exact) mass is 356 g/mol.